The molecule has 2 N–H and O–H groups in total. The fraction of sp³-hybridized carbons (Fsp3) is 0.636. The molecule has 1 aliphatic rings. The summed E-state index contributed by atoms with van der Waals surface area (Å²) in [7, 11) is -3.55. The second-order valence-corrected chi connectivity index (χ2v) is 7.93. The normalized spacial score (nSPS) is 25.2. The van der Waals surface area contributed by atoms with Crippen LogP contribution in [0, 0.1) is 5.41 Å². The molecule has 1 fully saturated rings. The van der Waals surface area contributed by atoms with E-state index in [-0.39, 0.29) is 16.5 Å². The summed E-state index contributed by atoms with van der Waals surface area (Å²) >= 11 is 3.11. The van der Waals surface area contributed by atoms with Gasteiger partial charge in [0.1, 0.15) is 0 Å². The summed E-state index contributed by atoms with van der Waals surface area (Å²) in [6.45, 7) is 4.81. The Balaban J connectivity index is 2.27. The second-order valence-electron chi connectivity index (χ2n) is 5.28. The van der Waals surface area contributed by atoms with E-state index in [9.17, 15) is 8.42 Å². The Bertz CT molecular complexity index is 538. The van der Waals surface area contributed by atoms with Gasteiger partial charge < -0.3 is 10.2 Å². The van der Waals surface area contributed by atoms with Crippen LogP contribution in [0.5, 0.6) is 0 Å². The molecule has 0 amide bonds. The van der Waals surface area contributed by atoms with Crippen molar-refractivity contribution < 1.29 is 12.8 Å². The molecular weight excluding hydrogens is 320 g/mol. The number of halogens is 1. The van der Waals surface area contributed by atoms with Crippen LogP contribution in [0.3, 0.4) is 0 Å². The van der Waals surface area contributed by atoms with Crippen molar-refractivity contribution in [3.05, 3.63) is 16.8 Å². The van der Waals surface area contributed by atoms with Crippen LogP contribution >= 0.6 is 15.9 Å². The summed E-state index contributed by atoms with van der Waals surface area (Å²) < 4.78 is 31.7. The highest BCUT2D eigenvalue weighted by Crippen LogP contribution is 2.32. The Kier molecular flexibility index (Phi) is 3.61. The van der Waals surface area contributed by atoms with E-state index in [1.54, 1.807) is 6.07 Å². The standard InChI is InChI=1S/C11H17BrN2O3S/c1-11(2)7-14(6-5-8(11)13)18(15,16)10-4-3-9(12)17-10/h3-4,8H,5-7,13H2,1-2H3. The van der Waals surface area contributed by atoms with Crippen LogP contribution in [0.2, 0.25) is 0 Å². The van der Waals surface area contributed by atoms with Gasteiger partial charge >= 0.3 is 0 Å². The van der Waals surface area contributed by atoms with Crippen molar-refractivity contribution >= 4 is 26.0 Å². The SMILES string of the molecule is CC1(C)CN(S(=O)(=O)c2ccc(Br)o2)CCC1N. The van der Waals surface area contributed by atoms with Crippen molar-refractivity contribution in [2.24, 2.45) is 11.1 Å². The molecule has 0 spiro atoms. The average molecular weight is 337 g/mol. The lowest BCUT2D eigenvalue weighted by Gasteiger charge is -2.41. The van der Waals surface area contributed by atoms with E-state index in [0.717, 1.165) is 0 Å². The molecule has 18 heavy (non-hydrogen) atoms. The monoisotopic (exact) mass is 336 g/mol. The minimum absolute atomic E-state index is 0.0206. The number of rotatable bonds is 2. The molecule has 1 saturated heterocycles. The van der Waals surface area contributed by atoms with Crippen LogP contribution in [0.1, 0.15) is 20.3 Å². The highest BCUT2D eigenvalue weighted by atomic mass is 79.9. The molecule has 0 saturated carbocycles. The topological polar surface area (TPSA) is 76.5 Å². The van der Waals surface area contributed by atoms with Crippen LogP contribution in [-0.4, -0.2) is 31.9 Å². The molecule has 1 aromatic heterocycles. The van der Waals surface area contributed by atoms with E-state index >= 15 is 0 Å². The number of piperidine rings is 1. The van der Waals surface area contributed by atoms with Gasteiger partial charge in [0.2, 0.25) is 5.09 Å². The number of sulfonamides is 1. The van der Waals surface area contributed by atoms with E-state index in [1.165, 1.54) is 10.4 Å². The van der Waals surface area contributed by atoms with Gasteiger partial charge in [-0.2, -0.15) is 4.31 Å². The largest absolute Gasteiger partial charge is 0.437 e. The zero-order valence-electron chi connectivity index (χ0n) is 10.4. The first-order chi connectivity index (χ1) is 8.23. The number of hydrogen-bond donors (Lipinski definition) is 1. The lowest BCUT2D eigenvalue weighted by molar-refractivity contribution is 0.154. The number of nitrogens with zero attached hydrogens (tertiary/aromatic N) is 1. The molecule has 1 unspecified atom stereocenters. The van der Waals surface area contributed by atoms with Gasteiger partial charge in [0.05, 0.1) is 0 Å². The molecule has 102 valence electrons. The Hall–Kier alpha value is -0.370. The third-order valence-electron chi connectivity index (χ3n) is 3.42. The lowest BCUT2D eigenvalue weighted by Crippen LogP contribution is -2.53. The van der Waals surface area contributed by atoms with Crippen molar-refractivity contribution in [2.75, 3.05) is 13.1 Å². The van der Waals surface area contributed by atoms with Gasteiger partial charge in [-0.1, -0.05) is 13.8 Å². The lowest BCUT2D eigenvalue weighted by atomic mass is 9.81. The van der Waals surface area contributed by atoms with E-state index < -0.39 is 10.0 Å². The van der Waals surface area contributed by atoms with Crippen molar-refractivity contribution in [2.45, 2.75) is 31.4 Å². The average Bonchev–Trinajstić information content (AvgIpc) is 2.69. The molecule has 0 aliphatic carbocycles. The Morgan fingerprint density at radius 2 is 2.17 bits per heavy atom. The Morgan fingerprint density at radius 3 is 2.67 bits per heavy atom. The highest BCUT2D eigenvalue weighted by Gasteiger charge is 2.39. The van der Waals surface area contributed by atoms with Crippen LogP contribution < -0.4 is 5.73 Å². The first kappa shape index (κ1) is 14.0. The molecule has 0 bridgehead atoms. The first-order valence-corrected chi connectivity index (χ1v) is 7.98. The van der Waals surface area contributed by atoms with Gasteiger partial charge in [-0.25, -0.2) is 8.42 Å². The molecule has 2 rings (SSSR count). The van der Waals surface area contributed by atoms with E-state index in [1.807, 2.05) is 13.8 Å². The van der Waals surface area contributed by atoms with Gasteiger partial charge in [-0.15, -0.1) is 0 Å². The van der Waals surface area contributed by atoms with Crippen molar-refractivity contribution in [1.29, 1.82) is 0 Å². The van der Waals surface area contributed by atoms with E-state index in [2.05, 4.69) is 15.9 Å². The van der Waals surface area contributed by atoms with Gasteiger partial charge in [-0.05, 0) is 39.9 Å². The summed E-state index contributed by atoms with van der Waals surface area (Å²) in [5.74, 6) is 0. The van der Waals surface area contributed by atoms with Crippen molar-refractivity contribution in [3.8, 4) is 0 Å². The van der Waals surface area contributed by atoms with Crippen LogP contribution in [0.4, 0.5) is 0 Å². The molecular formula is C11H17BrN2O3S. The maximum atomic E-state index is 12.4. The zero-order chi connectivity index (χ0) is 13.6. The maximum Gasteiger partial charge on any atom is 0.276 e. The minimum atomic E-state index is -3.55. The summed E-state index contributed by atoms with van der Waals surface area (Å²) in [4.78, 5) is 0. The summed E-state index contributed by atoms with van der Waals surface area (Å²) in [6.07, 6.45) is 0.661. The summed E-state index contributed by atoms with van der Waals surface area (Å²) in [6, 6.07) is 3.06. The van der Waals surface area contributed by atoms with Gasteiger partial charge in [-0.3, -0.25) is 0 Å². The maximum absolute atomic E-state index is 12.4. The second kappa shape index (κ2) is 4.63. The zero-order valence-corrected chi connectivity index (χ0v) is 12.8. The molecule has 0 radical (unpaired) electrons. The third kappa shape index (κ3) is 2.49. The number of furan rings is 1. The molecule has 7 heteroatoms. The molecule has 1 aliphatic heterocycles. The highest BCUT2D eigenvalue weighted by molar-refractivity contribution is 9.10. The predicted octanol–water partition coefficient (Wildman–Crippen LogP) is 1.79. The molecule has 0 aromatic carbocycles. The van der Waals surface area contributed by atoms with Gasteiger partial charge in [0, 0.05) is 19.1 Å². The van der Waals surface area contributed by atoms with E-state index in [0.29, 0.717) is 24.2 Å². The fourth-order valence-electron chi connectivity index (χ4n) is 2.09. The predicted molar refractivity (Wildman–Crippen MR) is 71.5 cm³/mol. The number of hydrogen-bond acceptors (Lipinski definition) is 4. The summed E-state index contributed by atoms with van der Waals surface area (Å²) in [5.41, 5.74) is 5.78. The van der Waals surface area contributed by atoms with Gasteiger partial charge in [0.25, 0.3) is 10.0 Å². The molecule has 5 nitrogen and oxygen atoms in total. The van der Waals surface area contributed by atoms with Crippen LogP contribution in [-0.2, 0) is 10.0 Å². The Morgan fingerprint density at radius 1 is 1.50 bits per heavy atom. The van der Waals surface area contributed by atoms with Crippen molar-refractivity contribution in [1.82, 2.24) is 4.31 Å². The van der Waals surface area contributed by atoms with E-state index in [4.69, 9.17) is 10.2 Å². The van der Waals surface area contributed by atoms with Crippen molar-refractivity contribution in [3.63, 3.8) is 0 Å². The smallest absolute Gasteiger partial charge is 0.276 e. The van der Waals surface area contributed by atoms with Gasteiger partial charge in [0.15, 0.2) is 4.67 Å². The molecule has 1 aromatic rings. The Labute approximate surface area is 116 Å². The quantitative estimate of drug-likeness (QED) is 0.893. The summed E-state index contributed by atoms with van der Waals surface area (Å²) in [5, 5.41) is -0.0272. The molecule has 1 atom stereocenters. The fourth-order valence-corrected chi connectivity index (χ4v) is 4.05. The minimum Gasteiger partial charge on any atom is -0.437 e. The van der Waals surface area contributed by atoms with Crippen LogP contribution in [0.25, 0.3) is 0 Å². The molecule has 2 heterocycles. The number of nitrogens with two attached hydrogens (primary N) is 1. The first-order valence-electron chi connectivity index (χ1n) is 5.74. The third-order valence-corrected chi connectivity index (χ3v) is 5.57. The van der Waals surface area contributed by atoms with Crippen LogP contribution in [0.15, 0.2) is 26.3 Å².